The zero-order chi connectivity index (χ0) is 19.2. The van der Waals surface area contributed by atoms with Crippen LogP contribution in [0.3, 0.4) is 0 Å². The van der Waals surface area contributed by atoms with Gasteiger partial charge in [0, 0.05) is 37.1 Å². The van der Waals surface area contributed by atoms with Gasteiger partial charge in [-0.1, -0.05) is 20.8 Å². The first-order valence-electron chi connectivity index (χ1n) is 10.2. The van der Waals surface area contributed by atoms with Crippen LogP contribution in [-0.4, -0.2) is 29.6 Å². The molecule has 1 aromatic carbocycles. The topological polar surface area (TPSA) is 53.1 Å². The zero-order valence-electron chi connectivity index (χ0n) is 17.1. The van der Waals surface area contributed by atoms with Crippen molar-refractivity contribution in [1.82, 2.24) is 9.97 Å². The second-order valence-corrected chi connectivity index (χ2v) is 8.14. The molecule has 1 fully saturated rings. The van der Waals surface area contributed by atoms with Crippen molar-refractivity contribution in [3.05, 3.63) is 36.2 Å². The fourth-order valence-corrected chi connectivity index (χ4v) is 3.38. The molecule has 1 saturated heterocycles. The predicted octanol–water partition coefficient (Wildman–Crippen LogP) is 5.22. The number of rotatable bonds is 7. The summed E-state index contributed by atoms with van der Waals surface area (Å²) in [4.78, 5) is 11.5. The van der Waals surface area contributed by atoms with Crippen molar-refractivity contribution in [3.8, 4) is 0 Å². The first-order valence-corrected chi connectivity index (χ1v) is 10.2. The molecule has 0 bridgehead atoms. The molecule has 5 nitrogen and oxygen atoms in total. The molecule has 0 unspecified atom stereocenters. The van der Waals surface area contributed by atoms with Gasteiger partial charge in [-0.2, -0.15) is 0 Å². The standard InChI is InChI=1S/C22H33N5/c1-16(2)9-12-23-21-15-22(25-18(4)24-21)26-19-5-7-20(8-6-19)27-13-10-17(3)11-14-27/h5-8,15-17H,9-14H2,1-4H3,(H2,23,24,25,26). The lowest BCUT2D eigenvalue weighted by Crippen LogP contribution is -2.32. The van der Waals surface area contributed by atoms with Crippen LogP contribution in [0.5, 0.6) is 0 Å². The number of aryl methyl sites for hydroxylation is 1. The van der Waals surface area contributed by atoms with E-state index in [9.17, 15) is 0 Å². The van der Waals surface area contributed by atoms with E-state index in [1.54, 1.807) is 0 Å². The van der Waals surface area contributed by atoms with Crippen molar-refractivity contribution in [3.63, 3.8) is 0 Å². The molecular weight excluding hydrogens is 334 g/mol. The molecule has 2 aromatic rings. The smallest absolute Gasteiger partial charge is 0.136 e. The lowest BCUT2D eigenvalue weighted by Gasteiger charge is -2.32. The van der Waals surface area contributed by atoms with Crippen molar-refractivity contribution in [1.29, 1.82) is 0 Å². The quantitative estimate of drug-likeness (QED) is 0.702. The zero-order valence-corrected chi connectivity index (χ0v) is 17.1. The Hall–Kier alpha value is -2.30. The monoisotopic (exact) mass is 367 g/mol. The molecule has 5 heteroatoms. The maximum Gasteiger partial charge on any atom is 0.136 e. The highest BCUT2D eigenvalue weighted by atomic mass is 15.1. The normalized spacial score (nSPS) is 15.2. The van der Waals surface area contributed by atoms with Crippen LogP contribution in [0.2, 0.25) is 0 Å². The van der Waals surface area contributed by atoms with Gasteiger partial charge >= 0.3 is 0 Å². The van der Waals surface area contributed by atoms with E-state index in [2.05, 4.69) is 70.5 Å². The number of hydrogen-bond acceptors (Lipinski definition) is 5. The first kappa shape index (κ1) is 19.5. The van der Waals surface area contributed by atoms with Crippen LogP contribution in [-0.2, 0) is 0 Å². The van der Waals surface area contributed by atoms with Crippen LogP contribution in [0.25, 0.3) is 0 Å². The molecule has 0 atom stereocenters. The molecule has 3 rings (SSSR count). The fraction of sp³-hybridized carbons (Fsp3) is 0.545. The van der Waals surface area contributed by atoms with Crippen LogP contribution < -0.4 is 15.5 Å². The van der Waals surface area contributed by atoms with E-state index < -0.39 is 0 Å². The summed E-state index contributed by atoms with van der Waals surface area (Å²) in [6.07, 6.45) is 3.70. The van der Waals surface area contributed by atoms with Crippen LogP contribution in [0, 0.1) is 18.8 Å². The molecule has 27 heavy (non-hydrogen) atoms. The minimum atomic E-state index is 0.680. The molecule has 2 N–H and O–H groups in total. The van der Waals surface area contributed by atoms with Crippen molar-refractivity contribution in [2.24, 2.45) is 11.8 Å². The summed E-state index contributed by atoms with van der Waals surface area (Å²) in [5, 5.41) is 6.81. The molecule has 0 amide bonds. The summed E-state index contributed by atoms with van der Waals surface area (Å²) in [6.45, 7) is 12.0. The summed E-state index contributed by atoms with van der Waals surface area (Å²) >= 11 is 0. The van der Waals surface area contributed by atoms with E-state index in [0.717, 1.165) is 55.1 Å². The molecule has 0 aliphatic carbocycles. The number of hydrogen-bond donors (Lipinski definition) is 2. The Bertz CT molecular complexity index is 718. The minimum absolute atomic E-state index is 0.680. The van der Waals surface area contributed by atoms with Crippen LogP contribution in [0.4, 0.5) is 23.0 Å². The predicted molar refractivity (Wildman–Crippen MR) is 115 cm³/mol. The van der Waals surface area contributed by atoms with Gasteiger partial charge in [0.25, 0.3) is 0 Å². The third-order valence-electron chi connectivity index (χ3n) is 5.15. The van der Waals surface area contributed by atoms with Gasteiger partial charge < -0.3 is 15.5 Å². The van der Waals surface area contributed by atoms with E-state index in [4.69, 9.17) is 0 Å². The lowest BCUT2D eigenvalue weighted by atomic mass is 9.99. The number of aromatic nitrogens is 2. The number of nitrogens with one attached hydrogen (secondary N) is 2. The Labute approximate surface area is 163 Å². The Morgan fingerprint density at radius 2 is 1.74 bits per heavy atom. The minimum Gasteiger partial charge on any atom is -0.372 e. The third-order valence-corrected chi connectivity index (χ3v) is 5.15. The average Bonchev–Trinajstić information content (AvgIpc) is 2.62. The summed E-state index contributed by atoms with van der Waals surface area (Å²) in [7, 11) is 0. The largest absolute Gasteiger partial charge is 0.372 e. The molecule has 0 saturated carbocycles. The summed E-state index contributed by atoms with van der Waals surface area (Å²) in [6, 6.07) is 10.7. The Morgan fingerprint density at radius 1 is 1.07 bits per heavy atom. The highest BCUT2D eigenvalue weighted by Gasteiger charge is 2.15. The number of benzene rings is 1. The number of anilines is 4. The average molecular weight is 368 g/mol. The maximum atomic E-state index is 4.52. The molecule has 146 valence electrons. The van der Waals surface area contributed by atoms with Crippen molar-refractivity contribution in [2.45, 2.75) is 47.0 Å². The Kier molecular flexibility index (Phi) is 6.54. The fourth-order valence-electron chi connectivity index (χ4n) is 3.38. The van der Waals surface area contributed by atoms with Crippen LogP contribution in [0.15, 0.2) is 30.3 Å². The highest BCUT2D eigenvalue weighted by Crippen LogP contribution is 2.25. The van der Waals surface area contributed by atoms with E-state index in [1.807, 2.05) is 13.0 Å². The number of piperidine rings is 1. The van der Waals surface area contributed by atoms with E-state index in [1.165, 1.54) is 18.5 Å². The van der Waals surface area contributed by atoms with Gasteiger partial charge in [0.15, 0.2) is 0 Å². The molecule has 1 aliphatic heterocycles. The highest BCUT2D eigenvalue weighted by molar-refractivity contribution is 5.62. The third kappa shape index (κ3) is 5.84. The summed E-state index contributed by atoms with van der Waals surface area (Å²) in [5.74, 6) is 4.01. The molecule has 1 aliphatic rings. The van der Waals surface area contributed by atoms with E-state index >= 15 is 0 Å². The van der Waals surface area contributed by atoms with Gasteiger partial charge in [0.2, 0.25) is 0 Å². The molecular formula is C22H33N5. The van der Waals surface area contributed by atoms with Crippen LogP contribution >= 0.6 is 0 Å². The Balaban J connectivity index is 1.62. The van der Waals surface area contributed by atoms with E-state index in [0.29, 0.717) is 5.92 Å². The maximum absolute atomic E-state index is 4.52. The summed E-state index contributed by atoms with van der Waals surface area (Å²) in [5.41, 5.74) is 2.36. The second-order valence-electron chi connectivity index (χ2n) is 8.14. The van der Waals surface area contributed by atoms with Gasteiger partial charge in [-0.15, -0.1) is 0 Å². The first-order chi connectivity index (χ1) is 13.0. The van der Waals surface area contributed by atoms with Crippen molar-refractivity contribution < 1.29 is 0 Å². The van der Waals surface area contributed by atoms with E-state index in [-0.39, 0.29) is 0 Å². The number of nitrogens with zero attached hydrogens (tertiary/aromatic N) is 3. The molecule has 2 heterocycles. The molecule has 1 aromatic heterocycles. The summed E-state index contributed by atoms with van der Waals surface area (Å²) < 4.78 is 0. The molecule has 0 spiro atoms. The van der Waals surface area contributed by atoms with Gasteiger partial charge in [0.05, 0.1) is 0 Å². The Morgan fingerprint density at radius 3 is 2.41 bits per heavy atom. The van der Waals surface area contributed by atoms with Gasteiger partial charge in [-0.3, -0.25) is 0 Å². The van der Waals surface area contributed by atoms with Gasteiger partial charge in [0.1, 0.15) is 17.5 Å². The van der Waals surface area contributed by atoms with Crippen molar-refractivity contribution in [2.75, 3.05) is 35.2 Å². The van der Waals surface area contributed by atoms with Crippen LogP contribution in [0.1, 0.15) is 45.9 Å². The van der Waals surface area contributed by atoms with Gasteiger partial charge in [-0.05, 0) is 62.3 Å². The van der Waals surface area contributed by atoms with Crippen molar-refractivity contribution >= 4 is 23.0 Å². The molecule has 0 radical (unpaired) electrons. The lowest BCUT2D eigenvalue weighted by molar-refractivity contribution is 0.438. The second kappa shape index (κ2) is 9.07. The van der Waals surface area contributed by atoms with Gasteiger partial charge in [-0.25, -0.2) is 9.97 Å². The SMILES string of the molecule is Cc1nc(NCCC(C)C)cc(Nc2ccc(N3CCC(C)CC3)cc2)n1.